The molecular weight excluding hydrogens is 939 g/mol. The minimum atomic E-state index is -1.01. The largest absolute Gasteiger partial charge is 0.491 e. The zero-order chi connectivity index (χ0) is 51.0. The number of benzene rings is 3. The SMILES string of the molecule is Cc1ncsc1-c1ccc(CNC(=O)[C@@H]2C[C@@H](O)CN2C(=O)C(NC(=O)COCCOCCOCCOc2cc(F)c([C@@H]3c4[nH]c5ccccc5c4C[C@@H](C)N3CC(C)C(=O)O)c(F)c2)C(C)(C)C)cc1. The Morgan fingerprint density at radius 3 is 2.27 bits per heavy atom. The summed E-state index contributed by atoms with van der Waals surface area (Å²) in [6.07, 6.45) is -0.252. The topological polar surface area (TPSA) is 205 Å². The van der Waals surface area contributed by atoms with E-state index >= 15 is 8.78 Å². The third-order valence-corrected chi connectivity index (χ3v) is 13.9. The number of nitrogens with one attached hydrogen (secondary N) is 3. The van der Waals surface area contributed by atoms with Gasteiger partial charge in [0.05, 0.1) is 67.2 Å². The van der Waals surface area contributed by atoms with Gasteiger partial charge in [0.2, 0.25) is 17.7 Å². The minimum Gasteiger partial charge on any atom is -0.491 e. The summed E-state index contributed by atoms with van der Waals surface area (Å²) in [5.74, 6) is -4.84. The number of amides is 3. The first-order valence-corrected chi connectivity index (χ1v) is 24.8. The number of likely N-dealkylation sites (tertiary alicyclic amines) is 1. The first kappa shape index (κ1) is 53.0. The summed E-state index contributed by atoms with van der Waals surface area (Å²) >= 11 is 1.56. The van der Waals surface area contributed by atoms with Crippen LogP contribution in [0.25, 0.3) is 21.3 Å². The van der Waals surface area contributed by atoms with Gasteiger partial charge in [0, 0.05) is 66.4 Å². The van der Waals surface area contributed by atoms with E-state index in [4.69, 9.17) is 18.9 Å². The first-order chi connectivity index (χ1) is 33.9. The second kappa shape index (κ2) is 23.6. The number of aliphatic hydroxyl groups is 1. The molecule has 2 aliphatic rings. The van der Waals surface area contributed by atoms with Crippen molar-refractivity contribution in [1.82, 2.24) is 30.4 Å². The lowest BCUT2D eigenvalue weighted by Gasteiger charge is -2.42. The fourth-order valence-electron chi connectivity index (χ4n) is 9.21. The second-order valence-electron chi connectivity index (χ2n) is 19.3. The second-order valence-corrected chi connectivity index (χ2v) is 20.2. The van der Waals surface area contributed by atoms with Gasteiger partial charge in [-0.1, -0.05) is 70.2 Å². The van der Waals surface area contributed by atoms with E-state index in [0.717, 1.165) is 50.3 Å². The summed E-state index contributed by atoms with van der Waals surface area (Å²) in [6.45, 7) is 11.5. The third kappa shape index (κ3) is 13.0. The average Bonchev–Trinajstić information content (AvgIpc) is 4.05. The number of hydrogen-bond acceptors (Lipinski definition) is 12. The van der Waals surface area contributed by atoms with E-state index in [0.29, 0.717) is 12.1 Å². The molecule has 0 bridgehead atoms. The number of nitrogens with zero attached hydrogens (tertiary/aromatic N) is 3. The van der Waals surface area contributed by atoms with Crippen molar-refractivity contribution >= 4 is 45.9 Å². The molecule has 3 aromatic carbocycles. The normalized spacial score (nSPS) is 19.1. The van der Waals surface area contributed by atoms with E-state index < -0.39 is 70.9 Å². The number of carboxylic acids is 1. The maximum absolute atomic E-state index is 16.0. The number of para-hydroxylation sites is 1. The number of aromatic amines is 1. The van der Waals surface area contributed by atoms with Gasteiger partial charge < -0.3 is 49.7 Å². The van der Waals surface area contributed by atoms with Gasteiger partial charge in [-0.05, 0) is 48.4 Å². The van der Waals surface area contributed by atoms with Crippen molar-refractivity contribution in [2.75, 3.05) is 59.3 Å². The minimum absolute atomic E-state index is 0.000343. The molecule has 16 nitrogen and oxygen atoms in total. The fourth-order valence-corrected chi connectivity index (χ4v) is 10.0. The zero-order valence-corrected chi connectivity index (χ0v) is 41.8. The summed E-state index contributed by atoms with van der Waals surface area (Å²) in [5.41, 5.74) is 6.14. The Hall–Kier alpha value is -5.83. The molecule has 5 aromatic rings. The number of fused-ring (bicyclic) bond motifs is 3. The molecule has 4 heterocycles. The van der Waals surface area contributed by atoms with Gasteiger partial charge in [-0.2, -0.15) is 0 Å². The lowest BCUT2D eigenvalue weighted by atomic mass is 9.85. The van der Waals surface area contributed by atoms with Crippen molar-refractivity contribution < 1.29 is 57.1 Å². The lowest BCUT2D eigenvalue weighted by Crippen LogP contribution is -2.58. The molecule has 0 radical (unpaired) electrons. The summed E-state index contributed by atoms with van der Waals surface area (Å²) in [6, 6.07) is 14.7. The zero-order valence-electron chi connectivity index (χ0n) is 41.0. The molecule has 6 atom stereocenters. The molecule has 0 spiro atoms. The number of aliphatic carboxylic acids is 1. The van der Waals surface area contributed by atoms with E-state index in [1.807, 2.05) is 67.3 Å². The molecule has 0 saturated carbocycles. The third-order valence-electron chi connectivity index (χ3n) is 12.9. The summed E-state index contributed by atoms with van der Waals surface area (Å²) < 4.78 is 54.4. The van der Waals surface area contributed by atoms with Crippen LogP contribution in [0.5, 0.6) is 5.75 Å². The highest BCUT2D eigenvalue weighted by molar-refractivity contribution is 7.13. The van der Waals surface area contributed by atoms with Crippen LogP contribution < -0.4 is 15.4 Å². The molecule has 2 unspecified atom stereocenters. The number of ether oxygens (including phenoxy) is 4. The number of aryl methyl sites for hydroxylation is 1. The Labute approximate surface area is 416 Å². The van der Waals surface area contributed by atoms with E-state index in [-0.39, 0.29) is 89.7 Å². The number of aromatic nitrogens is 2. The van der Waals surface area contributed by atoms with E-state index in [1.165, 1.54) is 4.90 Å². The monoisotopic (exact) mass is 1000 g/mol. The summed E-state index contributed by atoms with van der Waals surface area (Å²) in [4.78, 5) is 64.2. The predicted molar refractivity (Wildman–Crippen MR) is 263 cm³/mol. The van der Waals surface area contributed by atoms with Crippen molar-refractivity contribution in [1.29, 1.82) is 0 Å². The van der Waals surface area contributed by atoms with Crippen molar-refractivity contribution in [3.05, 3.63) is 106 Å². The predicted octanol–water partition coefficient (Wildman–Crippen LogP) is 6.17. The van der Waals surface area contributed by atoms with Crippen molar-refractivity contribution in [2.24, 2.45) is 11.3 Å². The maximum atomic E-state index is 16.0. The van der Waals surface area contributed by atoms with Gasteiger partial charge in [-0.25, -0.2) is 13.8 Å². The number of rotatable bonds is 22. The Balaban J connectivity index is 0.812. The fraction of sp³-hybridized carbons (Fsp3) is 0.481. The molecule has 3 amide bonds. The smallest absolute Gasteiger partial charge is 0.307 e. The van der Waals surface area contributed by atoms with Gasteiger partial charge in [0.25, 0.3) is 0 Å². The van der Waals surface area contributed by atoms with Crippen LogP contribution in [0.15, 0.2) is 66.2 Å². The number of thiazole rings is 1. The Morgan fingerprint density at radius 1 is 0.958 bits per heavy atom. The molecule has 2 aromatic heterocycles. The molecule has 382 valence electrons. The number of β-amino-alcohol motifs (C(OH)–C–C–N with tert-alkyl or cyclic N) is 1. The van der Waals surface area contributed by atoms with Crippen LogP contribution in [0.1, 0.15) is 75.2 Å². The molecule has 19 heteroatoms. The van der Waals surface area contributed by atoms with E-state index in [9.17, 15) is 29.4 Å². The standard InChI is InChI=1S/C52H64F2N6O10S/c1-30(51(65)66)26-59-31(2)21-38-37-9-7-8-10-41(37)57-45(38)46(59)44-39(53)23-36(24-40(44)54)70-20-19-68-16-15-67-17-18-69-28-43(62)58-48(52(4,5)6)50(64)60-27-35(61)22-42(60)49(63)55-25-33-11-13-34(14-12-33)47-32(3)56-29-71-47/h7-14,23-24,29-31,35,42,46,48,57,61H,15-22,25-28H2,1-6H3,(H,55,63)(H,58,62)(H,65,66)/t30?,31-,35-,42+,46-,48?/m1/s1. The highest BCUT2D eigenvalue weighted by Crippen LogP contribution is 2.43. The number of hydrogen-bond donors (Lipinski definition) is 5. The number of carbonyl (C=O) groups is 4. The van der Waals surface area contributed by atoms with E-state index in [1.54, 1.807) is 44.5 Å². The Kier molecular flexibility index (Phi) is 17.6. The molecule has 1 saturated heterocycles. The van der Waals surface area contributed by atoms with E-state index in [2.05, 4.69) is 20.6 Å². The molecule has 1 fully saturated rings. The Morgan fingerprint density at radius 2 is 1.62 bits per heavy atom. The van der Waals surface area contributed by atoms with Crippen LogP contribution in [-0.2, 0) is 46.4 Å². The summed E-state index contributed by atoms with van der Waals surface area (Å²) in [7, 11) is 0. The molecule has 2 aliphatic heterocycles. The number of carbonyl (C=O) groups excluding carboxylic acids is 3. The van der Waals surface area contributed by atoms with Crippen LogP contribution in [0.3, 0.4) is 0 Å². The van der Waals surface area contributed by atoms with Crippen LogP contribution >= 0.6 is 11.3 Å². The molecule has 71 heavy (non-hydrogen) atoms. The average molecular weight is 1000 g/mol. The van der Waals surface area contributed by atoms with Crippen LogP contribution in [-0.4, -0.2) is 137 Å². The highest BCUT2D eigenvalue weighted by atomic mass is 32.1. The lowest BCUT2D eigenvalue weighted by molar-refractivity contribution is -0.144. The van der Waals surface area contributed by atoms with Gasteiger partial charge in [-0.3, -0.25) is 24.1 Å². The van der Waals surface area contributed by atoms with Gasteiger partial charge in [0.1, 0.15) is 42.7 Å². The molecular formula is C52H64F2N6O10S. The van der Waals surface area contributed by atoms with Crippen LogP contribution in [0, 0.1) is 29.9 Å². The number of H-pyrrole nitrogens is 1. The quantitative estimate of drug-likeness (QED) is 0.0494. The van der Waals surface area contributed by atoms with Crippen LogP contribution in [0.2, 0.25) is 0 Å². The number of carboxylic acid groups (broad SMARTS) is 1. The maximum Gasteiger partial charge on any atom is 0.307 e. The molecule has 5 N–H and O–H groups in total. The molecule has 7 rings (SSSR count). The van der Waals surface area contributed by atoms with Gasteiger partial charge in [-0.15, -0.1) is 11.3 Å². The highest BCUT2D eigenvalue weighted by Gasteiger charge is 2.45. The Bertz CT molecular complexity index is 2630. The van der Waals surface area contributed by atoms with Gasteiger partial charge in [0.15, 0.2) is 0 Å². The number of aliphatic hydroxyl groups excluding tert-OH is 1. The summed E-state index contributed by atoms with van der Waals surface area (Å²) in [5, 5.41) is 26.9. The van der Waals surface area contributed by atoms with Gasteiger partial charge >= 0.3 is 5.97 Å². The van der Waals surface area contributed by atoms with Crippen molar-refractivity contribution in [2.45, 2.75) is 91.2 Å². The van der Waals surface area contributed by atoms with Crippen molar-refractivity contribution in [3.63, 3.8) is 0 Å². The first-order valence-electron chi connectivity index (χ1n) is 23.9. The molecule has 0 aliphatic carbocycles. The van der Waals surface area contributed by atoms with Crippen molar-refractivity contribution in [3.8, 4) is 16.2 Å². The number of halogens is 2. The van der Waals surface area contributed by atoms with Crippen LogP contribution in [0.4, 0.5) is 8.78 Å².